The summed E-state index contributed by atoms with van der Waals surface area (Å²) in [6.45, 7) is 0. The summed E-state index contributed by atoms with van der Waals surface area (Å²) in [6, 6.07) is 39.5. The Hall–Kier alpha value is -3.40. The van der Waals surface area contributed by atoms with E-state index in [1.165, 1.54) is 58.8 Å². The van der Waals surface area contributed by atoms with Crippen molar-refractivity contribution in [3.63, 3.8) is 0 Å². The maximum Gasteiger partial charge on any atom is 0.0555 e. The number of fused-ring (bicyclic) bond motifs is 7. The Morgan fingerprint density at radius 1 is 0.576 bits per heavy atom. The van der Waals surface area contributed by atoms with E-state index >= 15 is 0 Å². The lowest BCUT2D eigenvalue weighted by molar-refractivity contribution is 1.18. The lowest BCUT2D eigenvalue weighted by atomic mass is 10.0. The molecule has 3 heteroatoms. The second-order valence-corrected chi connectivity index (χ2v) is 10.3. The van der Waals surface area contributed by atoms with Gasteiger partial charge in [0.25, 0.3) is 0 Å². The molecule has 2 heterocycles. The van der Waals surface area contributed by atoms with Crippen LogP contribution in [0.4, 0.5) is 0 Å². The Balaban J connectivity index is 1.65. The maximum atomic E-state index is 3.59. The highest BCUT2D eigenvalue weighted by Crippen LogP contribution is 2.43. The summed E-state index contributed by atoms with van der Waals surface area (Å²) in [5, 5.41) is 5.31. The minimum atomic E-state index is 1.09. The van der Waals surface area contributed by atoms with Crippen molar-refractivity contribution in [2.24, 2.45) is 0 Å². The zero-order valence-corrected chi connectivity index (χ0v) is 20.0. The molecule has 0 aliphatic carbocycles. The van der Waals surface area contributed by atoms with Gasteiger partial charge in [0.15, 0.2) is 0 Å². The van der Waals surface area contributed by atoms with Gasteiger partial charge in [0.1, 0.15) is 0 Å². The minimum Gasteiger partial charge on any atom is -0.309 e. The van der Waals surface area contributed by atoms with E-state index in [4.69, 9.17) is 0 Å². The van der Waals surface area contributed by atoms with Crippen LogP contribution in [0, 0.1) is 0 Å². The van der Waals surface area contributed by atoms with E-state index in [9.17, 15) is 0 Å². The molecule has 1 nitrogen and oxygen atoms in total. The van der Waals surface area contributed by atoms with Crippen LogP contribution in [0.3, 0.4) is 0 Å². The van der Waals surface area contributed by atoms with Crippen LogP contribution in [0.2, 0.25) is 0 Å². The van der Waals surface area contributed by atoms with Crippen molar-refractivity contribution in [1.29, 1.82) is 0 Å². The molecule has 0 amide bonds. The number of rotatable bonds is 2. The first kappa shape index (κ1) is 19.1. The number of thiophene rings is 1. The van der Waals surface area contributed by atoms with E-state index in [1.54, 1.807) is 0 Å². The lowest BCUT2D eigenvalue weighted by Crippen LogP contribution is -1.93. The monoisotopic (exact) mass is 503 g/mol. The molecule has 0 aliphatic heterocycles. The summed E-state index contributed by atoms with van der Waals surface area (Å²) >= 11 is 5.49. The van der Waals surface area contributed by atoms with Gasteiger partial charge in [0.05, 0.1) is 11.0 Å². The fourth-order valence-corrected chi connectivity index (χ4v) is 6.48. The van der Waals surface area contributed by atoms with Crippen LogP contribution in [0.1, 0.15) is 0 Å². The number of nitrogens with zero attached hydrogens (tertiary/aromatic N) is 1. The number of hydrogen-bond acceptors (Lipinski definition) is 1. The van der Waals surface area contributed by atoms with Crippen molar-refractivity contribution in [2.45, 2.75) is 0 Å². The highest BCUT2D eigenvalue weighted by molar-refractivity contribution is 9.10. The molecule has 7 aromatic rings. The zero-order chi connectivity index (χ0) is 21.9. The molecule has 0 saturated heterocycles. The van der Waals surface area contributed by atoms with E-state index < -0.39 is 0 Å². The molecule has 0 saturated carbocycles. The Kier molecular flexibility index (Phi) is 4.23. The van der Waals surface area contributed by atoms with Gasteiger partial charge >= 0.3 is 0 Å². The van der Waals surface area contributed by atoms with Crippen LogP contribution in [0.15, 0.2) is 114 Å². The van der Waals surface area contributed by atoms with E-state index in [-0.39, 0.29) is 0 Å². The highest BCUT2D eigenvalue weighted by Gasteiger charge is 2.18. The molecule has 0 atom stereocenters. The molecule has 0 aliphatic rings. The van der Waals surface area contributed by atoms with Crippen LogP contribution in [0.5, 0.6) is 0 Å². The van der Waals surface area contributed by atoms with Crippen LogP contribution in [0.25, 0.3) is 58.8 Å². The molecule has 0 fully saturated rings. The van der Waals surface area contributed by atoms with E-state index in [0.717, 1.165) is 4.47 Å². The van der Waals surface area contributed by atoms with Crippen LogP contribution in [-0.2, 0) is 0 Å². The fourth-order valence-electron chi connectivity index (χ4n) is 4.96. The highest BCUT2D eigenvalue weighted by atomic mass is 79.9. The summed E-state index contributed by atoms with van der Waals surface area (Å²) in [4.78, 5) is 0. The number of hydrogen-bond donors (Lipinski definition) is 0. The molecule has 0 unspecified atom stereocenters. The average molecular weight is 504 g/mol. The first-order valence-electron chi connectivity index (χ1n) is 11.0. The molecule has 5 aromatic carbocycles. The van der Waals surface area contributed by atoms with E-state index in [2.05, 4.69) is 130 Å². The smallest absolute Gasteiger partial charge is 0.0555 e. The van der Waals surface area contributed by atoms with Crippen molar-refractivity contribution in [3.8, 4) is 16.8 Å². The molecule has 156 valence electrons. The molecule has 0 spiro atoms. The molecule has 7 rings (SSSR count). The quantitative estimate of drug-likeness (QED) is 0.221. The summed E-state index contributed by atoms with van der Waals surface area (Å²) in [5.74, 6) is 0. The van der Waals surface area contributed by atoms with Crippen LogP contribution in [-0.4, -0.2) is 4.57 Å². The van der Waals surface area contributed by atoms with Gasteiger partial charge in [-0.2, -0.15) is 0 Å². The topological polar surface area (TPSA) is 4.93 Å². The molecular weight excluding hydrogens is 486 g/mol. The lowest BCUT2D eigenvalue weighted by Gasteiger charge is -2.09. The van der Waals surface area contributed by atoms with Crippen LogP contribution >= 0.6 is 27.3 Å². The third-order valence-electron chi connectivity index (χ3n) is 6.47. The Morgan fingerprint density at radius 2 is 1.33 bits per heavy atom. The molecule has 0 radical (unpaired) electrons. The van der Waals surface area contributed by atoms with Gasteiger partial charge in [0.2, 0.25) is 0 Å². The number of halogens is 1. The zero-order valence-electron chi connectivity index (χ0n) is 17.6. The standard InChI is InChI=1S/C30H18BrNS/c31-21-11-13-22(14-12-21)32-26-17-16-24-23-8-4-5-9-28(23)33-30(24)29(26)25-15-10-20(18-27(25)32)19-6-2-1-3-7-19/h1-18H. The van der Waals surface area contributed by atoms with Crippen molar-refractivity contribution in [2.75, 3.05) is 0 Å². The summed E-state index contributed by atoms with van der Waals surface area (Å²) in [7, 11) is 0. The first-order chi connectivity index (χ1) is 16.3. The van der Waals surface area contributed by atoms with Gasteiger partial charge in [-0.25, -0.2) is 0 Å². The average Bonchev–Trinajstić information content (AvgIpc) is 3.40. The number of benzene rings is 5. The minimum absolute atomic E-state index is 1.09. The van der Waals surface area contributed by atoms with Gasteiger partial charge in [-0.05, 0) is 53.6 Å². The SMILES string of the molecule is Brc1ccc(-n2c3cc(-c4ccccc4)ccc3c3c4sc5ccccc5c4ccc32)cc1. The second-order valence-electron chi connectivity index (χ2n) is 8.34. The van der Waals surface area contributed by atoms with Gasteiger partial charge in [-0.1, -0.05) is 82.7 Å². The van der Waals surface area contributed by atoms with Crippen molar-refractivity contribution < 1.29 is 0 Å². The summed E-state index contributed by atoms with van der Waals surface area (Å²) in [6.07, 6.45) is 0. The van der Waals surface area contributed by atoms with Crippen molar-refractivity contribution in [1.82, 2.24) is 4.57 Å². The molecule has 0 bridgehead atoms. The molecule has 2 aromatic heterocycles. The summed E-state index contributed by atoms with van der Waals surface area (Å²) < 4.78 is 6.20. The van der Waals surface area contributed by atoms with Crippen LogP contribution < -0.4 is 0 Å². The van der Waals surface area contributed by atoms with E-state index in [1.807, 2.05) is 11.3 Å². The fraction of sp³-hybridized carbons (Fsp3) is 0. The third-order valence-corrected chi connectivity index (χ3v) is 8.20. The predicted octanol–water partition coefficient (Wildman–Crippen LogP) is 9.58. The molecule has 33 heavy (non-hydrogen) atoms. The third kappa shape index (κ3) is 2.90. The maximum absolute atomic E-state index is 3.59. The Labute approximate surface area is 203 Å². The van der Waals surface area contributed by atoms with Crippen molar-refractivity contribution >= 4 is 69.2 Å². The summed E-state index contributed by atoms with van der Waals surface area (Å²) in [5.41, 5.74) is 6.12. The molecular formula is C30H18BrNS. The van der Waals surface area contributed by atoms with Gasteiger partial charge < -0.3 is 4.57 Å². The predicted molar refractivity (Wildman–Crippen MR) is 147 cm³/mol. The Morgan fingerprint density at radius 3 is 2.18 bits per heavy atom. The first-order valence-corrected chi connectivity index (χ1v) is 12.6. The van der Waals surface area contributed by atoms with Gasteiger partial charge in [-0.15, -0.1) is 11.3 Å². The Bertz CT molecular complexity index is 1810. The van der Waals surface area contributed by atoms with Gasteiger partial charge in [-0.3, -0.25) is 0 Å². The van der Waals surface area contributed by atoms with Crippen molar-refractivity contribution in [3.05, 3.63) is 114 Å². The normalized spacial score (nSPS) is 11.8. The van der Waals surface area contributed by atoms with Gasteiger partial charge in [0, 0.05) is 41.1 Å². The second kappa shape index (κ2) is 7.31. The van der Waals surface area contributed by atoms with E-state index in [0.29, 0.717) is 0 Å². The largest absolute Gasteiger partial charge is 0.309 e. The molecule has 0 N–H and O–H groups in total. The number of aromatic nitrogens is 1.